The summed E-state index contributed by atoms with van der Waals surface area (Å²) in [6, 6.07) is 8.74. The van der Waals surface area contributed by atoms with Crippen molar-refractivity contribution in [2.75, 3.05) is 21.3 Å². The summed E-state index contributed by atoms with van der Waals surface area (Å²) in [6.45, 7) is 0. The molecule has 3 aromatic rings. The average molecular weight is 421 g/mol. The van der Waals surface area contributed by atoms with Gasteiger partial charge in [0.25, 0.3) is 0 Å². The van der Waals surface area contributed by atoms with Crippen molar-refractivity contribution in [3.63, 3.8) is 0 Å². The molecule has 2 aromatic carbocycles. The summed E-state index contributed by atoms with van der Waals surface area (Å²) < 4.78 is 21.5. The summed E-state index contributed by atoms with van der Waals surface area (Å²) in [5.74, 6) is 0.613. The molecule has 0 unspecified atom stereocenters. The van der Waals surface area contributed by atoms with E-state index in [-0.39, 0.29) is 28.0 Å². The van der Waals surface area contributed by atoms with E-state index in [1.165, 1.54) is 27.4 Å². The molecule has 1 aromatic heterocycles. The molecule has 1 N–H and O–H groups in total. The standard InChI is InChI=1S/C19H17BrO6/c1-23-13-8-12-15(18(25-3)17(13)24-2)16(21)14(19(22)26-12)11-7-5-4-6-10(11)9-20/h4-8,21H,9H2,1-3H3. The lowest BCUT2D eigenvalue weighted by atomic mass is 9.99. The van der Waals surface area contributed by atoms with Crippen LogP contribution in [0.4, 0.5) is 0 Å². The van der Waals surface area contributed by atoms with Gasteiger partial charge in [-0.05, 0) is 11.1 Å². The van der Waals surface area contributed by atoms with Crippen LogP contribution in [-0.4, -0.2) is 26.4 Å². The molecule has 1 heterocycles. The topological polar surface area (TPSA) is 78.1 Å². The first-order chi connectivity index (χ1) is 12.6. The molecule has 0 saturated carbocycles. The van der Waals surface area contributed by atoms with Crippen molar-refractivity contribution in [3.8, 4) is 34.1 Å². The highest BCUT2D eigenvalue weighted by Crippen LogP contribution is 2.48. The van der Waals surface area contributed by atoms with Gasteiger partial charge in [0.15, 0.2) is 11.5 Å². The Morgan fingerprint density at radius 2 is 1.77 bits per heavy atom. The largest absolute Gasteiger partial charge is 0.506 e. The maximum atomic E-state index is 12.6. The van der Waals surface area contributed by atoms with E-state index in [2.05, 4.69) is 15.9 Å². The molecule has 0 atom stereocenters. The van der Waals surface area contributed by atoms with E-state index in [1.807, 2.05) is 12.1 Å². The Hall–Kier alpha value is -2.67. The van der Waals surface area contributed by atoms with Gasteiger partial charge in [-0.15, -0.1) is 0 Å². The van der Waals surface area contributed by atoms with Crippen LogP contribution in [0.25, 0.3) is 22.1 Å². The summed E-state index contributed by atoms with van der Waals surface area (Å²) in [6.07, 6.45) is 0. The number of fused-ring (bicyclic) bond motifs is 1. The number of ether oxygens (including phenoxy) is 3. The molecule has 7 heteroatoms. The second-order valence-corrected chi connectivity index (χ2v) is 5.98. The van der Waals surface area contributed by atoms with Crippen LogP contribution in [0.2, 0.25) is 0 Å². The van der Waals surface area contributed by atoms with Gasteiger partial charge in [-0.2, -0.15) is 0 Å². The molecule has 0 spiro atoms. The maximum absolute atomic E-state index is 12.6. The van der Waals surface area contributed by atoms with Gasteiger partial charge in [0.1, 0.15) is 22.3 Å². The average Bonchev–Trinajstić information content (AvgIpc) is 2.66. The highest BCUT2D eigenvalue weighted by Gasteiger charge is 2.25. The Balaban J connectivity index is 2.47. The number of halogens is 1. The minimum Gasteiger partial charge on any atom is -0.506 e. The van der Waals surface area contributed by atoms with E-state index in [4.69, 9.17) is 18.6 Å². The first kappa shape index (κ1) is 18.1. The van der Waals surface area contributed by atoms with Crippen LogP contribution in [0.15, 0.2) is 39.5 Å². The van der Waals surface area contributed by atoms with Gasteiger partial charge in [-0.25, -0.2) is 4.79 Å². The van der Waals surface area contributed by atoms with Crippen LogP contribution in [0.5, 0.6) is 23.0 Å². The van der Waals surface area contributed by atoms with Crippen molar-refractivity contribution < 1.29 is 23.7 Å². The lowest BCUT2D eigenvalue weighted by Crippen LogP contribution is -2.06. The van der Waals surface area contributed by atoms with Gasteiger partial charge in [0, 0.05) is 11.4 Å². The molecule has 136 valence electrons. The highest BCUT2D eigenvalue weighted by molar-refractivity contribution is 9.08. The molecule has 0 radical (unpaired) electrons. The lowest BCUT2D eigenvalue weighted by Gasteiger charge is -2.16. The number of rotatable bonds is 5. The van der Waals surface area contributed by atoms with Crippen LogP contribution < -0.4 is 19.8 Å². The summed E-state index contributed by atoms with van der Waals surface area (Å²) in [7, 11) is 4.36. The Labute approximate surface area is 158 Å². The number of benzene rings is 2. The van der Waals surface area contributed by atoms with E-state index >= 15 is 0 Å². The van der Waals surface area contributed by atoms with Gasteiger partial charge in [0.05, 0.1) is 21.3 Å². The van der Waals surface area contributed by atoms with E-state index in [1.54, 1.807) is 12.1 Å². The lowest BCUT2D eigenvalue weighted by molar-refractivity contribution is 0.325. The van der Waals surface area contributed by atoms with E-state index in [9.17, 15) is 9.90 Å². The zero-order chi connectivity index (χ0) is 18.8. The Bertz CT molecular complexity index is 1020. The third-order valence-electron chi connectivity index (χ3n) is 4.10. The Morgan fingerprint density at radius 1 is 1.08 bits per heavy atom. The quantitative estimate of drug-likeness (QED) is 0.494. The molecule has 0 fully saturated rings. The van der Waals surface area contributed by atoms with Gasteiger partial charge in [-0.3, -0.25) is 0 Å². The fourth-order valence-corrected chi connectivity index (χ4v) is 3.42. The zero-order valence-electron chi connectivity index (χ0n) is 14.5. The number of hydrogen-bond acceptors (Lipinski definition) is 6. The maximum Gasteiger partial charge on any atom is 0.348 e. The molecular formula is C19H17BrO6. The monoisotopic (exact) mass is 420 g/mol. The molecule has 0 aliphatic heterocycles. The van der Waals surface area contributed by atoms with Gasteiger partial charge in [-0.1, -0.05) is 40.2 Å². The SMILES string of the molecule is COc1cc2oc(=O)c(-c3ccccc3CBr)c(O)c2c(OC)c1OC. The number of alkyl halides is 1. The van der Waals surface area contributed by atoms with Crippen LogP contribution in [0.3, 0.4) is 0 Å². The normalized spacial score (nSPS) is 10.8. The second kappa shape index (κ2) is 7.29. The van der Waals surface area contributed by atoms with Crippen molar-refractivity contribution in [2.45, 2.75) is 5.33 Å². The first-order valence-corrected chi connectivity index (χ1v) is 8.82. The predicted octanol–water partition coefficient (Wildman–Crippen LogP) is 4.09. The van der Waals surface area contributed by atoms with E-state index in [0.717, 1.165) is 5.56 Å². The molecule has 0 aliphatic rings. The molecule has 3 rings (SSSR count). The zero-order valence-corrected chi connectivity index (χ0v) is 16.0. The van der Waals surface area contributed by atoms with Crippen molar-refractivity contribution >= 4 is 26.9 Å². The van der Waals surface area contributed by atoms with Crippen molar-refractivity contribution in [3.05, 3.63) is 46.3 Å². The summed E-state index contributed by atoms with van der Waals surface area (Å²) >= 11 is 3.40. The Kier molecular flexibility index (Phi) is 5.08. The molecule has 0 saturated heterocycles. The van der Waals surface area contributed by atoms with Crippen LogP contribution in [-0.2, 0) is 5.33 Å². The molecule has 6 nitrogen and oxygen atoms in total. The molecular weight excluding hydrogens is 404 g/mol. The van der Waals surface area contributed by atoms with Crippen molar-refractivity contribution in [2.24, 2.45) is 0 Å². The minimum atomic E-state index is -0.655. The fourth-order valence-electron chi connectivity index (χ4n) is 2.93. The van der Waals surface area contributed by atoms with Gasteiger partial charge < -0.3 is 23.7 Å². The Morgan fingerprint density at radius 3 is 2.38 bits per heavy atom. The third-order valence-corrected chi connectivity index (χ3v) is 4.71. The van der Waals surface area contributed by atoms with Gasteiger partial charge >= 0.3 is 5.63 Å². The van der Waals surface area contributed by atoms with Crippen molar-refractivity contribution in [1.29, 1.82) is 0 Å². The van der Waals surface area contributed by atoms with E-state index < -0.39 is 5.63 Å². The fraction of sp³-hybridized carbons (Fsp3) is 0.211. The minimum absolute atomic E-state index is 0.0677. The summed E-state index contributed by atoms with van der Waals surface area (Å²) in [5.41, 5.74) is 0.973. The first-order valence-electron chi connectivity index (χ1n) is 7.70. The van der Waals surface area contributed by atoms with Crippen LogP contribution >= 0.6 is 15.9 Å². The molecule has 0 bridgehead atoms. The van der Waals surface area contributed by atoms with Crippen LogP contribution in [0.1, 0.15) is 5.56 Å². The summed E-state index contributed by atoms with van der Waals surface area (Å²) in [4.78, 5) is 12.6. The van der Waals surface area contributed by atoms with E-state index in [0.29, 0.717) is 22.4 Å². The van der Waals surface area contributed by atoms with Crippen LogP contribution in [0, 0.1) is 0 Å². The predicted molar refractivity (Wildman–Crippen MR) is 102 cm³/mol. The van der Waals surface area contributed by atoms with Gasteiger partial charge in [0.2, 0.25) is 5.75 Å². The summed E-state index contributed by atoms with van der Waals surface area (Å²) in [5, 5.41) is 11.7. The molecule has 26 heavy (non-hydrogen) atoms. The number of hydrogen-bond donors (Lipinski definition) is 1. The third kappa shape index (κ3) is 2.78. The highest BCUT2D eigenvalue weighted by atomic mass is 79.9. The number of aromatic hydroxyl groups is 1. The molecule has 0 aliphatic carbocycles. The number of methoxy groups -OCH3 is 3. The second-order valence-electron chi connectivity index (χ2n) is 5.42. The van der Waals surface area contributed by atoms with Crippen molar-refractivity contribution in [1.82, 2.24) is 0 Å². The molecule has 0 amide bonds. The smallest absolute Gasteiger partial charge is 0.348 e.